The van der Waals surface area contributed by atoms with Gasteiger partial charge < -0.3 is 9.47 Å². The standard InChI is InChI=1S/C8H13NO2/c1-7(2)5-11-6-8(7,4-9)10-3/h5-6H2,1-3H3. The molecule has 1 atom stereocenters. The summed E-state index contributed by atoms with van der Waals surface area (Å²) >= 11 is 0. The highest BCUT2D eigenvalue weighted by molar-refractivity contribution is 5.13. The topological polar surface area (TPSA) is 42.2 Å². The molecule has 0 saturated carbocycles. The van der Waals surface area contributed by atoms with Crippen molar-refractivity contribution in [2.75, 3.05) is 20.3 Å². The predicted octanol–water partition coefficient (Wildman–Crippen LogP) is 0.952. The third-order valence-electron chi connectivity index (χ3n) is 2.39. The molecule has 0 aromatic heterocycles. The summed E-state index contributed by atoms with van der Waals surface area (Å²) in [4.78, 5) is 0. The Balaban J connectivity index is 2.93. The molecule has 0 aliphatic carbocycles. The van der Waals surface area contributed by atoms with Crippen LogP contribution in [0.1, 0.15) is 13.8 Å². The number of ether oxygens (including phenoxy) is 2. The van der Waals surface area contributed by atoms with Gasteiger partial charge in [-0.1, -0.05) is 13.8 Å². The van der Waals surface area contributed by atoms with Crippen molar-refractivity contribution in [3.63, 3.8) is 0 Å². The molecule has 0 N–H and O–H groups in total. The SMILES string of the molecule is COC1(C#N)COCC1(C)C. The lowest BCUT2D eigenvalue weighted by Gasteiger charge is -2.31. The van der Waals surface area contributed by atoms with Crippen molar-refractivity contribution in [2.45, 2.75) is 19.4 Å². The number of methoxy groups -OCH3 is 1. The van der Waals surface area contributed by atoms with Crippen molar-refractivity contribution in [2.24, 2.45) is 5.41 Å². The second-order valence-electron chi connectivity index (χ2n) is 3.52. The van der Waals surface area contributed by atoms with Crippen LogP contribution in [0.3, 0.4) is 0 Å². The van der Waals surface area contributed by atoms with Crippen LogP contribution in [0, 0.1) is 16.7 Å². The minimum Gasteiger partial charge on any atom is -0.377 e. The van der Waals surface area contributed by atoms with E-state index >= 15 is 0 Å². The molecule has 3 nitrogen and oxygen atoms in total. The van der Waals surface area contributed by atoms with Gasteiger partial charge in [0.25, 0.3) is 0 Å². The largest absolute Gasteiger partial charge is 0.377 e. The minimum absolute atomic E-state index is 0.198. The lowest BCUT2D eigenvalue weighted by molar-refractivity contribution is -0.0229. The lowest BCUT2D eigenvalue weighted by atomic mass is 9.79. The normalized spacial score (nSPS) is 35.1. The molecule has 0 radical (unpaired) electrons. The van der Waals surface area contributed by atoms with Crippen LogP contribution in [0.2, 0.25) is 0 Å². The van der Waals surface area contributed by atoms with Crippen LogP contribution in [0.5, 0.6) is 0 Å². The molecule has 62 valence electrons. The fraction of sp³-hybridized carbons (Fsp3) is 0.875. The van der Waals surface area contributed by atoms with Crippen LogP contribution in [0.4, 0.5) is 0 Å². The Labute approximate surface area is 66.9 Å². The molecular weight excluding hydrogens is 142 g/mol. The zero-order chi connectivity index (χ0) is 8.54. The summed E-state index contributed by atoms with van der Waals surface area (Å²) in [5.74, 6) is 0. The zero-order valence-corrected chi connectivity index (χ0v) is 7.18. The van der Waals surface area contributed by atoms with Crippen LogP contribution in [-0.2, 0) is 9.47 Å². The molecule has 0 amide bonds. The first-order valence-corrected chi connectivity index (χ1v) is 3.62. The van der Waals surface area contributed by atoms with Crippen molar-refractivity contribution in [3.05, 3.63) is 0 Å². The van der Waals surface area contributed by atoms with E-state index in [0.717, 1.165) is 0 Å². The summed E-state index contributed by atoms with van der Waals surface area (Å²) in [5, 5.41) is 8.90. The highest BCUT2D eigenvalue weighted by Gasteiger charge is 2.51. The summed E-state index contributed by atoms with van der Waals surface area (Å²) in [6.45, 7) is 4.93. The molecule has 0 spiro atoms. The number of rotatable bonds is 1. The van der Waals surface area contributed by atoms with E-state index in [1.807, 2.05) is 13.8 Å². The maximum absolute atomic E-state index is 8.90. The van der Waals surface area contributed by atoms with E-state index in [9.17, 15) is 0 Å². The summed E-state index contributed by atoms with van der Waals surface area (Å²) in [7, 11) is 1.56. The Kier molecular flexibility index (Phi) is 1.91. The van der Waals surface area contributed by atoms with Gasteiger partial charge in [-0.3, -0.25) is 0 Å². The Morgan fingerprint density at radius 1 is 1.45 bits per heavy atom. The van der Waals surface area contributed by atoms with Crippen molar-refractivity contribution in [3.8, 4) is 6.07 Å². The molecule has 1 saturated heterocycles. The van der Waals surface area contributed by atoms with Gasteiger partial charge in [-0.05, 0) is 0 Å². The Bertz CT molecular complexity index is 195. The minimum atomic E-state index is -0.743. The van der Waals surface area contributed by atoms with Gasteiger partial charge in [-0.15, -0.1) is 0 Å². The first-order valence-electron chi connectivity index (χ1n) is 3.62. The number of hydrogen-bond acceptors (Lipinski definition) is 3. The van der Waals surface area contributed by atoms with Crippen LogP contribution < -0.4 is 0 Å². The molecule has 0 bridgehead atoms. The fourth-order valence-corrected chi connectivity index (χ4v) is 1.33. The van der Waals surface area contributed by atoms with Crippen LogP contribution >= 0.6 is 0 Å². The van der Waals surface area contributed by atoms with Crippen molar-refractivity contribution in [1.29, 1.82) is 5.26 Å². The van der Waals surface area contributed by atoms with Gasteiger partial charge in [0.05, 0.1) is 13.2 Å². The van der Waals surface area contributed by atoms with Crippen molar-refractivity contribution < 1.29 is 9.47 Å². The fourth-order valence-electron chi connectivity index (χ4n) is 1.33. The van der Waals surface area contributed by atoms with Crippen molar-refractivity contribution in [1.82, 2.24) is 0 Å². The van der Waals surface area contributed by atoms with Crippen LogP contribution in [0.25, 0.3) is 0 Å². The highest BCUT2D eigenvalue weighted by Crippen LogP contribution is 2.39. The summed E-state index contributed by atoms with van der Waals surface area (Å²) < 4.78 is 10.4. The van der Waals surface area contributed by atoms with Crippen LogP contribution in [0.15, 0.2) is 0 Å². The van der Waals surface area contributed by atoms with Gasteiger partial charge >= 0.3 is 0 Å². The predicted molar refractivity (Wildman–Crippen MR) is 40.0 cm³/mol. The molecule has 1 fully saturated rings. The second kappa shape index (κ2) is 2.47. The molecule has 1 unspecified atom stereocenters. The maximum atomic E-state index is 8.90. The smallest absolute Gasteiger partial charge is 0.184 e. The summed E-state index contributed by atoms with van der Waals surface area (Å²) in [5.41, 5.74) is -0.941. The average Bonchev–Trinajstić information content (AvgIpc) is 2.26. The molecular formula is C8H13NO2. The first kappa shape index (κ1) is 8.51. The summed E-state index contributed by atoms with van der Waals surface area (Å²) in [6.07, 6.45) is 0. The Hall–Kier alpha value is -0.590. The van der Waals surface area contributed by atoms with Gasteiger partial charge in [0.2, 0.25) is 0 Å². The number of nitrogens with zero attached hydrogens (tertiary/aromatic N) is 1. The van der Waals surface area contributed by atoms with Gasteiger partial charge in [-0.25, -0.2) is 0 Å². The monoisotopic (exact) mass is 155 g/mol. The van der Waals surface area contributed by atoms with Gasteiger partial charge in [-0.2, -0.15) is 5.26 Å². The molecule has 3 heteroatoms. The lowest BCUT2D eigenvalue weighted by Crippen LogP contribution is -2.44. The molecule has 1 aliphatic rings. The highest BCUT2D eigenvalue weighted by atomic mass is 16.6. The van der Waals surface area contributed by atoms with E-state index < -0.39 is 5.60 Å². The Morgan fingerprint density at radius 2 is 2.09 bits per heavy atom. The molecule has 1 rings (SSSR count). The van der Waals surface area contributed by atoms with Gasteiger partial charge in [0.15, 0.2) is 5.60 Å². The van der Waals surface area contributed by atoms with Gasteiger partial charge in [0, 0.05) is 12.5 Å². The molecule has 11 heavy (non-hydrogen) atoms. The van der Waals surface area contributed by atoms with E-state index in [-0.39, 0.29) is 5.41 Å². The molecule has 1 heterocycles. The first-order chi connectivity index (χ1) is 5.08. The molecule has 1 aliphatic heterocycles. The molecule has 0 aromatic carbocycles. The maximum Gasteiger partial charge on any atom is 0.184 e. The molecule has 0 aromatic rings. The third kappa shape index (κ3) is 1.03. The average molecular weight is 155 g/mol. The number of nitriles is 1. The van der Waals surface area contributed by atoms with Crippen LogP contribution in [-0.4, -0.2) is 25.9 Å². The zero-order valence-electron chi connectivity index (χ0n) is 7.18. The van der Waals surface area contributed by atoms with E-state index in [4.69, 9.17) is 14.7 Å². The van der Waals surface area contributed by atoms with E-state index in [1.165, 1.54) is 0 Å². The number of hydrogen-bond donors (Lipinski definition) is 0. The van der Waals surface area contributed by atoms with Crippen molar-refractivity contribution >= 4 is 0 Å². The van der Waals surface area contributed by atoms with E-state index in [2.05, 4.69) is 6.07 Å². The second-order valence-corrected chi connectivity index (χ2v) is 3.52. The van der Waals surface area contributed by atoms with Gasteiger partial charge in [0.1, 0.15) is 6.07 Å². The van der Waals surface area contributed by atoms with E-state index in [0.29, 0.717) is 13.2 Å². The summed E-state index contributed by atoms with van der Waals surface area (Å²) in [6, 6.07) is 2.17. The third-order valence-corrected chi connectivity index (χ3v) is 2.39. The van der Waals surface area contributed by atoms with E-state index in [1.54, 1.807) is 7.11 Å². The quantitative estimate of drug-likeness (QED) is 0.566. The Morgan fingerprint density at radius 3 is 2.27 bits per heavy atom.